The Hall–Kier alpha value is -3.67. The maximum absolute atomic E-state index is 12.4. The number of hydrogen-bond acceptors (Lipinski definition) is 4. The normalized spacial score (nSPS) is 13.2. The molecule has 0 fully saturated rings. The van der Waals surface area contributed by atoms with Gasteiger partial charge in [-0.1, -0.05) is 54.6 Å². The maximum Gasteiger partial charge on any atom is 0.407 e. The quantitative estimate of drug-likeness (QED) is 0.599. The van der Waals surface area contributed by atoms with Crippen molar-refractivity contribution in [2.24, 2.45) is 0 Å². The summed E-state index contributed by atoms with van der Waals surface area (Å²) in [6, 6.07) is 18.8. The number of carboxylic acids is 1. The lowest BCUT2D eigenvalue weighted by molar-refractivity contribution is -0.139. The fourth-order valence-corrected chi connectivity index (χ4v) is 4.12. The first-order chi connectivity index (χ1) is 15.0. The van der Waals surface area contributed by atoms with Gasteiger partial charge in [-0.25, -0.2) is 9.59 Å². The van der Waals surface area contributed by atoms with Crippen molar-refractivity contribution in [3.63, 3.8) is 0 Å². The molecule has 0 saturated carbocycles. The average molecular weight is 416 g/mol. The highest BCUT2D eigenvalue weighted by Gasteiger charge is 2.29. The third kappa shape index (κ3) is 4.43. The number of ether oxygens (including phenoxy) is 1. The highest BCUT2D eigenvalue weighted by Crippen LogP contribution is 2.44. The molecule has 0 saturated heterocycles. The number of rotatable bonds is 7. The summed E-state index contributed by atoms with van der Waals surface area (Å²) >= 11 is 0. The minimum Gasteiger partial charge on any atom is -0.480 e. The van der Waals surface area contributed by atoms with Crippen molar-refractivity contribution in [3.8, 4) is 11.1 Å². The van der Waals surface area contributed by atoms with Crippen LogP contribution in [0.3, 0.4) is 0 Å². The van der Waals surface area contributed by atoms with Gasteiger partial charge in [0.2, 0.25) is 0 Å². The van der Waals surface area contributed by atoms with Gasteiger partial charge in [-0.2, -0.15) is 0 Å². The lowest BCUT2D eigenvalue weighted by Crippen LogP contribution is -2.41. The van der Waals surface area contributed by atoms with Gasteiger partial charge < -0.3 is 15.2 Å². The molecule has 2 N–H and O–H groups in total. The molecule has 1 aliphatic rings. The van der Waals surface area contributed by atoms with E-state index in [4.69, 9.17) is 4.74 Å². The number of nitrogens with zero attached hydrogens (tertiary/aromatic N) is 1. The van der Waals surface area contributed by atoms with E-state index in [2.05, 4.69) is 22.4 Å². The van der Waals surface area contributed by atoms with Gasteiger partial charge in [0, 0.05) is 17.8 Å². The Bertz CT molecular complexity index is 1070. The number of carbonyl (C=O) groups excluding carboxylic acids is 1. The summed E-state index contributed by atoms with van der Waals surface area (Å²) in [4.78, 5) is 28.3. The summed E-state index contributed by atoms with van der Waals surface area (Å²) in [7, 11) is 0. The third-order valence-corrected chi connectivity index (χ3v) is 5.75. The zero-order valence-electron chi connectivity index (χ0n) is 17.2. The molecule has 1 aliphatic carbocycles. The van der Waals surface area contributed by atoms with Gasteiger partial charge in [0.1, 0.15) is 12.6 Å². The van der Waals surface area contributed by atoms with E-state index in [0.717, 1.165) is 33.5 Å². The number of carboxylic acid groups (broad SMARTS) is 1. The van der Waals surface area contributed by atoms with Crippen LogP contribution in [0.4, 0.5) is 4.79 Å². The number of fused-ring (bicyclic) bond motifs is 3. The van der Waals surface area contributed by atoms with Gasteiger partial charge >= 0.3 is 12.1 Å². The maximum atomic E-state index is 12.4. The third-order valence-electron chi connectivity index (χ3n) is 5.75. The minimum atomic E-state index is -1.09. The van der Waals surface area contributed by atoms with Crippen LogP contribution in [0.1, 0.15) is 34.7 Å². The number of carbonyl (C=O) groups is 2. The zero-order valence-corrected chi connectivity index (χ0v) is 17.2. The van der Waals surface area contributed by atoms with Crippen LogP contribution in [0.25, 0.3) is 11.1 Å². The van der Waals surface area contributed by atoms with E-state index in [9.17, 15) is 14.7 Å². The van der Waals surface area contributed by atoms with E-state index < -0.39 is 18.1 Å². The molecule has 158 valence electrons. The van der Waals surface area contributed by atoms with Crippen LogP contribution in [0, 0.1) is 6.92 Å². The number of aromatic nitrogens is 1. The minimum absolute atomic E-state index is 0.0699. The largest absolute Gasteiger partial charge is 0.480 e. The molecular formula is C25H24N2O4. The summed E-state index contributed by atoms with van der Waals surface area (Å²) in [6.45, 7) is 2.03. The molecule has 0 radical (unpaired) electrons. The number of aryl methyl sites for hydroxylation is 2. The van der Waals surface area contributed by atoms with Gasteiger partial charge in [-0.3, -0.25) is 4.98 Å². The van der Waals surface area contributed by atoms with E-state index in [1.54, 1.807) is 6.20 Å². The smallest absolute Gasteiger partial charge is 0.407 e. The molecule has 1 amide bonds. The highest BCUT2D eigenvalue weighted by atomic mass is 16.5. The van der Waals surface area contributed by atoms with Gasteiger partial charge in [0.15, 0.2) is 0 Å². The molecule has 4 rings (SSSR count). The van der Waals surface area contributed by atoms with Crippen molar-refractivity contribution >= 4 is 12.1 Å². The number of amides is 1. The average Bonchev–Trinajstić information content (AvgIpc) is 3.10. The second kappa shape index (κ2) is 9.00. The van der Waals surface area contributed by atoms with Crippen LogP contribution >= 0.6 is 0 Å². The van der Waals surface area contributed by atoms with E-state index in [1.165, 1.54) is 0 Å². The van der Waals surface area contributed by atoms with Crippen LogP contribution in [-0.2, 0) is 16.0 Å². The van der Waals surface area contributed by atoms with Gasteiger partial charge in [-0.05, 0) is 53.6 Å². The van der Waals surface area contributed by atoms with Crippen molar-refractivity contribution in [3.05, 3.63) is 89.2 Å². The molecule has 6 nitrogen and oxygen atoms in total. The number of pyridine rings is 1. The van der Waals surface area contributed by atoms with Crippen LogP contribution in [0.15, 0.2) is 66.9 Å². The summed E-state index contributed by atoms with van der Waals surface area (Å²) < 4.78 is 5.47. The monoisotopic (exact) mass is 416 g/mol. The predicted octanol–water partition coefficient (Wildman–Crippen LogP) is 4.31. The standard InChI is InChI=1S/C25H24N2O4/c1-16-17(7-6-14-26-16)12-13-23(24(28)29)27-25(30)31-15-22-20-10-4-2-8-18(20)19-9-3-5-11-21(19)22/h2-11,14,22-23H,12-13,15H2,1H3,(H,27,30)(H,28,29)/t23-/m1/s1. The Morgan fingerprint density at radius 1 is 1.03 bits per heavy atom. The van der Waals surface area contributed by atoms with E-state index in [-0.39, 0.29) is 18.9 Å². The lowest BCUT2D eigenvalue weighted by atomic mass is 9.98. The summed E-state index contributed by atoms with van der Waals surface area (Å²) in [5.74, 6) is -1.16. The van der Waals surface area contributed by atoms with Crippen molar-refractivity contribution in [1.82, 2.24) is 10.3 Å². The van der Waals surface area contributed by atoms with E-state index >= 15 is 0 Å². The Balaban J connectivity index is 1.39. The molecule has 1 atom stereocenters. The lowest BCUT2D eigenvalue weighted by Gasteiger charge is -2.17. The molecule has 6 heteroatoms. The van der Waals surface area contributed by atoms with Crippen LogP contribution < -0.4 is 5.32 Å². The first kappa shape index (κ1) is 20.6. The second-order valence-corrected chi connectivity index (χ2v) is 7.65. The van der Waals surface area contributed by atoms with Crippen molar-refractivity contribution in [2.75, 3.05) is 6.61 Å². The second-order valence-electron chi connectivity index (χ2n) is 7.65. The Morgan fingerprint density at radius 2 is 1.68 bits per heavy atom. The Morgan fingerprint density at radius 3 is 2.29 bits per heavy atom. The van der Waals surface area contributed by atoms with Crippen LogP contribution in [0.5, 0.6) is 0 Å². The van der Waals surface area contributed by atoms with Crippen molar-refractivity contribution < 1.29 is 19.4 Å². The highest BCUT2D eigenvalue weighted by molar-refractivity contribution is 5.81. The predicted molar refractivity (Wildman–Crippen MR) is 117 cm³/mol. The molecular weight excluding hydrogens is 392 g/mol. The van der Waals surface area contributed by atoms with Crippen molar-refractivity contribution in [1.29, 1.82) is 0 Å². The van der Waals surface area contributed by atoms with E-state index in [0.29, 0.717) is 6.42 Å². The summed E-state index contributed by atoms with van der Waals surface area (Å²) in [6.07, 6.45) is 1.73. The number of nitrogens with one attached hydrogen (secondary N) is 1. The SMILES string of the molecule is Cc1ncccc1CC[C@@H](NC(=O)OCC1c2ccccc2-c2ccccc21)C(=O)O. The molecule has 0 unspecified atom stereocenters. The molecule has 1 aromatic heterocycles. The fraction of sp³-hybridized carbons (Fsp3) is 0.240. The Kier molecular flexibility index (Phi) is 5.98. The molecule has 31 heavy (non-hydrogen) atoms. The summed E-state index contributed by atoms with van der Waals surface area (Å²) in [5.41, 5.74) is 6.32. The fourth-order valence-electron chi connectivity index (χ4n) is 4.12. The first-order valence-electron chi connectivity index (χ1n) is 10.3. The molecule has 0 aliphatic heterocycles. The van der Waals surface area contributed by atoms with Gasteiger partial charge in [0.05, 0.1) is 0 Å². The van der Waals surface area contributed by atoms with Gasteiger partial charge in [-0.15, -0.1) is 0 Å². The number of hydrogen-bond donors (Lipinski definition) is 2. The molecule has 3 aromatic rings. The van der Waals surface area contributed by atoms with Crippen LogP contribution in [0.2, 0.25) is 0 Å². The Labute approximate surface area is 180 Å². The topological polar surface area (TPSA) is 88.5 Å². The first-order valence-corrected chi connectivity index (χ1v) is 10.3. The van der Waals surface area contributed by atoms with Gasteiger partial charge in [0.25, 0.3) is 0 Å². The molecule has 0 spiro atoms. The van der Waals surface area contributed by atoms with Crippen LogP contribution in [-0.4, -0.2) is 34.8 Å². The molecule has 2 aromatic carbocycles. The van der Waals surface area contributed by atoms with E-state index in [1.807, 2.05) is 55.5 Å². The molecule has 1 heterocycles. The van der Waals surface area contributed by atoms with Crippen molar-refractivity contribution in [2.45, 2.75) is 31.7 Å². The number of alkyl carbamates (subject to hydrolysis) is 1. The number of aliphatic carboxylic acids is 1. The molecule has 0 bridgehead atoms. The number of benzene rings is 2. The summed E-state index contributed by atoms with van der Waals surface area (Å²) in [5, 5.41) is 12.0. The zero-order chi connectivity index (χ0) is 21.8.